The first kappa shape index (κ1) is 20.7. The lowest BCUT2D eigenvalue weighted by Gasteiger charge is -2.24. The number of nitrogens with zero attached hydrogens (tertiary/aromatic N) is 3. The number of pyridine rings is 1. The van der Waals surface area contributed by atoms with Gasteiger partial charge in [0.15, 0.2) is 0 Å². The standard InChI is InChI=1S/C23H17N3O6/c1-32-17-9-5-7-15(13-17)25-20(18-10-2-3-11-24-18)19(22(28)23(25)29)21(27)14-6-4-8-16(12-14)26(30)31/h2-13,20,27H,1H3/b21-19-. The first-order chi connectivity index (χ1) is 15.4. The van der Waals surface area contributed by atoms with E-state index in [2.05, 4.69) is 4.98 Å². The summed E-state index contributed by atoms with van der Waals surface area (Å²) >= 11 is 0. The van der Waals surface area contributed by atoms with E-state index in [0.29, 0.717) is 17.1 Å². The number of benzene rings is 2. The smallest absolute Gasteiger partial charge is 0.300 e. The molecule has 1 amide bonds. The van der Waals surface area contributed by atoms with Gasteiger partial charge in [0.1, 0.15) is 17.6 Å². The zero-order chi connectivity index (χ0) is 22.8. The third kappa shape index (κ3) is 3.56. The van der Waals surface area contributed by atoms with Crippen molar-refractivity contribution in [2.75, 3.05) is 12.0 Å². The largest absolute Gasteiger partial charge is 0.507 e. The number of non-ortho nitro benzene ring substituents is 1. The van der Waals surface area contributed by atoms with E-state index < -0.39 is 28.4 Å². The molecule has 4 rings (SSSR count). The topological polar surface area (TPSA) is 123 Å². The van der Waals surface area contributed by atoms with Gasteiger partial charge in [-0.2, -0.15) is 0 Å². The first-order valence-corrected chi connectivity index (χ1v) is 9.53. The molecule has 32 heavy (non-hydrogen) atoms. The molecule has 0 spiro atoms. The Labute approximate surface area is 182 Å². The molecule has 0 saturated carbocycles. The van der Waals surface area contributed by atoms with E-state index in [1.807, 2.05) is 0 Å². The maximum absolute atomic E-state index is 13.1. The number of aromatic nitrogens is 1. The fourth-order valence-corrected chi connectivity index (χ4v) is 3.60. The Kier molecular flexibility index (Phi) is 5.38. The summed E-state index contributed by atoms with van der Waals surface area (Å²) in [6.45, 7) is 0. The van der Waals surface area contributed by atoms with Gasteiger partial charge in [-0.3, -0.25) is 29.6 Å². The minimum absolute atomic E-state index is 0.0452. The summed E-state index contributed by atoms with van der Waals surface area (Å²) in [6, 6.07) is 15.8. The van der Waals surface area contributed by atoms with Crippen LogP contribution in [0.5, 0.6) is 5.75 Å². The molecule has 0 aliphatic carbocycles. The van der Waals surface area contributed by atoms with Gasteiger partial charge in [-0.15, -0.1) is 0 Å². The number of hydrogen-bond donors (Lipinski definition) is 1. The van der Waals surface area contributed by atoms with Gasteiger partial charge < -0.3 is 9.84 Å². The van der Waals surface area contributed by atoms with E-state index in [9.17, 15) is 24.8 Å². The third-order valence-corrected chi connectivity index (χ3v) is 5.07. The Bertz CT molecular complexity index is 1260. The molecule has 3 aromatic rings. The van der Waals surface area contributed by atoms with Crippen LogP contribution in [0.1, 0.15) is 17.3 Å². The van der Waals surface area contributed by atoms with Gasteiger partial charge in [0.25, 0.3) is 17.4 Å². The highest BCUT2D eigenvalue weighted by Gasteiger charge is 2.47. The molecule has 0 bridgehead atoms. The summed E-state index contributed by atoms with van der Waals surface area (Å²) in [4.78, 5) is 42.2. The molecule has 1 fully saturated rings. The summed E-state index contributed by atoms with van der Waals surface area (Å²) in [7, 11) is 1.48. The first-order valence-electron chi connectivity index (χ1n) is 9.53. The molecule has 160 valence electrons. The number of Topliss-reactive ketones (excluding diaryl/α,β-unsaturated/α-hetero) is 1. The summed E-state index contributed by atoms with van der Waals surface area (Å²) in [6.07, 6.45) is 1.51. The maximum atomic E-state index is 13.1. The number of nitro groups is 1. The number of amides is 1. The molecule has 1 aliphatic rings. The van der Waals surface area contributed by atoms with Crippen LogP contribution in [-0.4, -0.2) is 33.8 Å². The van der Waals surface area contributed by atoms with Crippen LogP contribution >= 0.6 is 0 Å². The molecule has 1 aromatic heterocycles. The SMILES string of the molecule is COc1cccc(N2C(=O)C(=O)/C(=C(\O)c3cccc([N+](=O)[O-])c3)C2c2ccccn2)c1. The quantitative estimate of drug-likeness (QED) is 0.215. The number of carbonyl (C=O) groups excluding carboxylic acids is 2. The normalized spacial score (nSPS) is 17.4. The van der Waals surface area contributed by atoms with E-state index in [4.69, 9.17) is 4.74 Å². The van der Waals surface area contributed by atoms with Gasteiger partial charge >= 0.3 is 0 Å². The number of ether oxygens (including phenoxy) is 1. The fourth-order valence-electron chi connectivity index (χ4n) is 3.60. The number of nitro benzene ring substituents is 1. The number of ketones is 1. The van der Waals surface area contributed by atoms with Crippen LogP contribution in [0.15, 0.2) is 78.5 Å². The van der Waals surface area contributed by atoms with Crippen molar-refractivity contribution in [3.63, 3.8) is 0 Å². The maximum Gasteiger partial charge on any atom is 0.300 e. The Morgan fingerprint density at radius 3 is 2.56 bits per heavy atom. The van der Waals surface area contributed by atoms with E-state index in [-0.39, 0.29) is 16.8 Å². The number of rotatable bonds is 5. The molecule has 1 unspecified atom stereocenters. The van der Waals surface area contributed by atoms with Crippen LogP contribution < -0.4 is 9.64 Å². The second-order valence-corrected chi connectivity index (χ2v) is 6.93. The van der Waals surface area contributed by atoms with E-state index in [1.165, 1.54) is 36.4 Å². The van der Waals surface area contributed by atoms with Crippen molar-refractivity contribution in [2.24, 2.45) is 0 Å². The number of aliphatic hydroxyl groups is 1. The van der Waals surface area contributed by atoms with Crippen molar-refractivity contribution in [1.82, 2.24) is 4.98 Å². The van der Waals surface area contributed by atoms with Crippen molar-refractivity contribution in [3.05, 3.63) is 99.9 Å². The lowest BCUT2D eigenvalue weighted by Crippen LogP contribution is -2.29. The second kappa shape index (κ2) is 8.31. The van der Waals surface area contributed by atoms with Crippen molar-refractivity contribution in [1.29, 1.82) is 0 Å². The molecule has 9 heteroatoms. The van der Waals surface area contributed by atoms with Crippen LogP contribution in [0, 0.1) is 10.1 Å². The Hall–Kier alpha value is -4.53. The van der Waals surface area contributed by atoms with Crippen LogP contribution in [0.2, 0.25) is 0 Å². The van der Waals surface area contributed by atoms with Gasteiger partial charge in [0.05, 0.1) is 23.3 Å². The van der Waals surface area contributed by atoms with E-state index in [0.717, 1.165) is 6.07 Å². The summed E-state index contributed by atoms with van der Waals surface area (Å²) in [5.41, 5.74) is 0.299. The minimum Gasteiger partial charge on any atom is -0.507 e. The van der Waals surface area contributed by atoms with Crippen LogP contribution in [-0.2, 0) is 9.59 Å². The van der Waals surface area contributed by atoms with Gasteiger partial charge in [0.2, 0.25) is 0 Å². The zero-order valence-electron chi connectivity index (χ0n) is 16.8. The number of hydrogen-bond acceptors (Lipinski definition) is 7. The number of anilines is 1. The monoisotopic (exact) mass is 431 g/mol. The average Bonchev–Trinajstić information content (AvgIpc) is 3.09. The highest BCUT2D eigenvalue weighted by Crippen LogP contribution is 2.42. The molecular weight excluding hydrogens is 414 g/mol. The predicted octanol–water partition coefficient (Wildman–Crippen LogP) is 3.62. The molecule has 1 atom stereocenters. The van der Waals surface area contributed by atoms with Gasteiger partial charge in [-0.25, -0.2) is 0 Å². The highest BCUT2D eigenvalue weighted by molar-refractivity contribution is 6.51. The molecular formula is C23H17N3O6. The molecule has 1 aliphatic heterocycles. The Balaban J connectivity index is 1.94. The average molecular weight is 431 g/mol. The minimum atomic E-state index is -1.04. The molecule has 0 radical (unpaired) electrons. The van der Waals surface area contributed by atoms with Gasteiger partial charge in [0, 0.05) is 35.6 Å². The Morgan fingerprint density at radius 2 is 1.88 bits per heavy atom. The summed E-state index contributed by atoms with van der Waals surface area (Å²) < 4.78 is 5.23. The molecule has 2 heterocycles. The van der Waals surface area contributed by atoms with Gasteiger partial charge in [-0.1, -0.05) is 24.3 Å². The second-order valence-electron chi connectivity index (χ2n) is 6.93. The summed E-state index contributed by atoms with van der Waals surface area (Å²) in [5, 5.41) is 22.2. The number of methoxy groups -OCH3 is 1. The highest BCUT2D eigenvalue weighted by atomic mass is 16.6. The van der Waals surface area contributed by atoms with Crippen LogP contribution in [0.25, 0.3) is 5.76 Å². The van der Waals surface area contributed by atoms with Crippen molar-refractivity contribution in [3.8, 4) is 5.75 Å². The number of carbonyl (C=O) groups is 2. The van der Waals surface area contributed by atoms with E-state index >= 15 is 0 Å². The van der Waals surface area contributed by atoms with Crippen molar-refractivity contribution >= 4 is 28.8 Å². The molecule has 2 aromatic carbocycles. The molecule has 1 N–H and O–H groups in total. The Morgan fingerprint density at radius 1 is 1.09 bits per heavy atom. The number of aliphatic hydroxyl groups excluding tert-OH is 1. The van der Waals surface area contributed by atoms with Crippen LogP contribution in [0.4, 0.5) is 11.4 Å². The van der Waals surface area contributed by atoms with Crippen LogP contribution in [0.3, 0.4) is 0 Å². The lowest BCUT2D eigenvalue weighted by atomic mass is 9.98. The third-order valence-electron chi connectivity index (χ3n) is 5.07. The lowest BCUT2D eigenvalue weighted by molar-refractivity contribution is -0.384. The van der Waals surface area contributed by atoms with Crippen molar-refractivity contribution in [2.45, 2.75) is 6.04 Å². The van der Waals surface area contributed by atoms with Crippen molar-refractivity contribution < 1.29 is 24.4 Å². The van der Waals surface area contributed by atoms with Gasteiger partial charge in [-0.05, 0) is 24.3 Å². The predicted molar refractivity (Wildman–Crippen MR) is 115 cm³/mol. The summed E-state index contributed by atoms with van der Waals surface area (Å²) in [5.74, 6) is -1.83. The zero-order valence-corrected chi connectivity index (χ0v) is 16.8. The molecule has 1 saturated heterocycles. The molecule has 9 nitrogen and oxygen atoms in total. The van der Waals surface area contributed by atoms with E-state index in [1.54, 1.807) is 42.5 Å². The fraction of sp³-hybridized carbons (Fsp3) is 0.0870.